The van der Waals surface area contributed by atoms with Crippen LogP contribution in [0.1, 0.15) is 16.2 Å². The average Bonchev–Trinajstić information content (AvgIpc) is 2.66. The molecule has 0 bridgehead atoms. The molecule has 2 aromatic rings. The van der Waals surface area contributed by atoms with E-state index in [2.05, 4.69) is 25.5 Å². The van der Waals surface area contributed by atoms with E-state index in [1.165, 1.54) is 18.6 Å². The number of anilines is 1. The lowest BCUT2D eigenvalue weighted by atomic mass is 10.3. The number of hydrogen-bond acceptors (Lipinski definition) is 4. The van der Waals surface area contributed by atoms with Gasteiger partial charge in [-0.1, -0.05) is 0 Å². The molecule has 6 nitrogen and oxygen atoms in total. The van der Waals surface area contributed by atoms with E-state index < -0.39 is 0 Å². The lowest BCUT2D eigenvalue weighted by Crippen LogP contribution is -2.13. The molecule has 15 heavy (non-hydrogen) atoms. The Balaban J connectivity index is 2.15. The fourth-order valence-electron chi connectivity index (χ4n) is 1.09. The van der Waals surface area contributed by atoms with Crippen LogP contribution in [0.15, 0.2) is 24.8 Å². The van der Waals surface area contributed by atoms with Crippen molar-refractivity contribution >= 4 is 11.6 Å². The summed E-state index contributed by atoms with van der Waals surface area (Å²) in [5.74, 6) is -0.299. The van der Waals surface area contributed by atoms with Gasteiger partial charge in [-0.2, -0.15) is 5.10 Å². The molecule has 0 aliphatic heterocycles. The number of aromatic amines is 1. The van der Waals surface area contributed by atoms with Crippen LogP contribution < -0.4 is 5.32 Å². The fraction of sp³-hybridized carbons (Fsp3) is 0.111. The predicted octanol–water partition coefficient (Wildman–Crippen LogP) is 0.760. The largest absolute Gasteiger partial charge is 0.318 e. The van der Waals surface area contributed by atoms with Crippen molar-refractivity contribution in [3.8, 4) is 0 Å². The number of hydrogen-bond donors (Lipinski definition) is 2. The van der Waals surface area contributed by atoms with Gasteiger partial charge in [0.1, 0.15) is 5.69 Å². The summed E-state index contributed by atoms with van der Waals surface area (Å²) < 4.78 is 0. The van der Waals surface area contributed by atoms with Crippen LogP contribution in [0.25, 0.3) is 0 Å². The molecular weight excluding hydrogens is 194 g/mol. The first-order chi connectivity index (χ1) is 7.27. The standard InChI is InChI=1S/C9H9N5O/c1-6-7(5-12-14-6)13-9(15)8-4-10-2-3-11-8/h2-5H,1H3,(H,12,14)(H,13,15). The van der Waals surface area contributed by atoms with Crippen molar-refractivity contribution in [2.75, 3.05) is 5.32 Å². The summed E-state index contributed by atoms with van der Waals surface area (Å²) in [6, 6.07) is 0. The molecule has 2 rings (SSSR count). The van der Waals surface area contributed by atoms with Gasteiger partial charge < -0.3 is 5.32 Å². The van der Waals surface area contributed by atoms with E-state index in [0.717, 1.165) is 5.69 Å². The summed E-state index contributed by atoms with van der Waals surface area (Å²) in [5, 5.41) is 9.21. The van der Waals surface area contributed by atoms with E-state index in [-0.39, 0.29) is 11.6 Å². The van der Waals surface area contributed by atoms with E-state index in [4.69, 9.17) is 0 Å². The summed E-state index contributed by atoms with van der Waals surface area (Å²) in [4.78, 5) is 19.3. The second-order valence-corrected chi connectivity index (χ2v) is 2.93. The van der Waals surface area contributed by atoms with Gasteiger partial charge in [-0.15, -0.1) is 0 Å². The second-order valence-electron chi connectivity index (χ2n) is 2.93. The molecule has 6 heteroatoms. The molecule has 0 aliphatic carbocycles. The van der Waals surface area contributed by atoms with Gasteiger partial charge in [0.15, 0.2) is 0 Å². The van der Waals surface area contributed by atoms with E-state index >= 15 is 0 Å². The lowest BCUT2D eigenvalue weighted by molar-refractivity contribution is 0.102. The number of carbonyl (C=O) groups is 1. The summed E-state index contributed by atoms with van der Waals surface area (Å²) in [6.07, 6.45) is 6.01. The first kappa shape index (κ1) is 9.32. The second kappa shape index (κ2) is 3.87. The maximum Gasteiger partial charge on any atom is 0.275 e. The van der Waals surface area contributed by atoms with Gasteiger partial charge >= 0.3 is 0 Å². The summed E-state index contributed by atoms with van der Waals surface area (Å²) in [5.41, 5.74) is 1.65. The summed E-state index contributed by atoms with van der Waals surface area (Å²) in [6.45, 7) is 1.79. The maximum atomic E-state index is 11.6. The predicted molar refractivity (Wildman–Crippen MR) is 53.3 cm³/mol. The minimum atomic E-state index is -0.299. The molecule has 0 radical (unpaired) electrons. The van der Waals surface area contributed by atoms with E-state index in [0.29, 0.717) is 5.69 Å². The highest BCUT2D eigenvalue weighted by molar-refractivity contribution is 6.02. The SMILES string of the molecule is Cc1n[nH]cc1NC(=O)c1cnccn1. The highest BCUT2D eigenvalue weighted by Crippen LogP contribution is 2.10. The number of H-pyrrole nitrogens is 1. The number of aryl methyl sites for hydroxylation is 1. The zero-order valence-corrected chi connectivity index (χ0v) is 8.06. The smallest absolute Gasteiger partial charge is 0.275 e. The molecule has 0 aromatic carbocycles. The van der Waals surface area contributed by atoms with Crippen LogP contribution in [0.2, 0.25) is 0 Å². The van der Waals surface area contributed by atoms with Crippen LogP contribution >= 0.6 is 0 Å². The number of amides is 1. The van der Waals surface area contributed by atoms with Crippen molar-refractivity contribution in [3.63, 3.8) is 0 Å². The average molecular weight is 203 g/mol. The third kappa shape index (κ3) is 1.98. The van der Waals surface area contributed by atoms with Crippen molar-refractivity contribution in [1.29, 1.82) is 0 Å². The van der Waals surface area contributed by atoms with Crippen LogP contribution in [-0.2, 0) is 0 Å². The van der Waals surface area contributed by atoms with Gasteiger partial charge in [0.25, 0.3) is 5.91 Å². The summed E-state index contributed by atoms with van der Waals surface area (Å²) >= 11 is 0. The number of nitrogens with zero attached hydrogens (tertiary/aromatic N) is 3. The van der Waals surface area contributed by atoms with E-state index in [1.54, 1.807) is 13.1 Å². The Bertz CT molecular complexity index is 464. The minimum Gasteiger partial charge on any atom is -0.318 e. The van der Waals surface area contributed by atoms with Crippen LogP contribution in [0.3, 0.4) is 0 Å². The fourth-order valence-corrected chi connectivity index (χ4v) is 1.09. The van der Waals surface area contributed by atoms with Crippen molar-refractivity contribution in [2.45, 2.75) is 6.92 Å². The molecule has 0 saturated carbocycles. The van der Waals surface area contributed by atoms with Crippen molar-refractivity contribution < 1.29 is 4.79 Å². The minimum absolute atomic E-state index is 0.276. The Morgan fingerprint density at radius 2 is 2.33 bits per heavy atom. The molecule has 2 N–H and O–H groups in total. The topological polar surface area (TPSA) is 83.6 Å². The highest BCUT2D eigenvalue weighted by atomic mass is 16.1. The summed E-state index contributed by atoms with van der Waals surface area (Å²) in [7, 11) is 0. The van der Waals surface area contributed by atoms with Crippen LogP contribution in [0, 0.1) is 6.92 Å². The van der Waals surface area contributed by atoms with Gasteiger partial charge in [-0.25, -0.2) is 4.98 Å². The van der Waals surface area contributed by atoms with Gasteiger partial charge in [0.05, 0.1) is 17.6 Å². The molecule has 0 atom stereocenters. The number of carbonyl (C=O) groups excluding carboxylic acids is 1. The van der Waals surface area contributed by atoms with Crippen molar-refractivity contribution in [3.05, 3.63) is 36.2 Å². The van der Waals surface area contributed by atoms with Gasteiger partial charge in [-0.05, 0) is 6.92 Å². The highest BCUT2D eigenvalue weighted by Gasteiger charge is 2.09. The quantitative estimate of drug-likeness (QED) is 0.754. The number of nitrogens with one attached hydrogen (secondary N) is 2. The Morgan fingerprint density at radius 3 is 2.93 bits per heavy atom. The van der Waals surface area contributed by atoms with Crippen LogP contribution in [-0.4, -0.2) is 26.1 Å². The first-order valence-corrected chi connectivity index (χ1v) is 4.35. The maximum absolute atomic E-state index is 11.6. The molecule has 76 valence electrons. The molecule has 1 amide bonds. The zero-order chi connectivity index (χ0) is 10.7. The third-order valence-electron chi connectivity index (χ3n) is 1.87. The molecule has 2 aromatic heterocycles. The van der Waals surface area contributed by atoms with Gasteiger partial charge in [0, 0.05) is 18.6 Å². The molecule has 2 heterocycles. The zero-order valence-electron chi connectivity index (χ0n) is 8.06. The molecule has 0 fully saturated rings. The van der Waals surface area contributed by atoms with Crippen LogP contribution in [0.5, 0.6) is 0 Å². The van der Waals surface area contributed by atoms with Gasteiger partial charge in [0.2, 0.25) is 0 Å². The first-order valence-electron chi connectivity index (χ1n) is 4.35. The van der Waals surface area contributed by atoms with Crippen molar-refractivity contribution in [1.82, 2.24) is 20.2 Å². The molecule has 0 spiro atoms. The molecule has 0 unspecified atom stereocenters. The normalized spacial score (nSPS) is 9.93. The monoisotopic (exact) mass is 203 g/mol. The Kier molecular flexibility index (Phi) is 2.40. The number of aromatic nitrogens is 4. The number of rotatable bonds is 2. The van der Waals surface area contributed by atoms with E-state index in [1.807, 2.05) is 0 Å². The lowest BCUT2D eigenvalue weighted by Gasteiger charge is -2.01. The molecular formula is C9H9N5O. The third-order valence-corrected chi connectivity index (χ3v) is 1.87. The Morgan fingerprint density at radius 1 is 1.47 bits per heavy atom. The van der Waals surface area contributed by atoms with Crippen molar-refractivity contribution in [2.24, 2.45) is 0 Å². The van der Waals surface area contributed by atoms with Gasteiger partial charge in [-0.3, -0.25) is 14.9 Å². The molecule has 0 aliphatic rings. The van der Waals surface area contributed by atoms with E-state index in [9.17, 15) is 4.79 Å². The van der Waals surface area contributed by atoms with Crippen LogP contribution in [0.4, 0.5) is 5.69 Å². The Hall–Kier alpha value is -2.24. The molecule has 0 saturated heterocycles. The Labute approximate surface area is 85.8 Å².